The lowest BCUT2D eigenvalue weighted by Gasteiger charge is -2.22. The monoisotopic (exact) mass is 544 g/mol. The molecule has 1 aromatic heterocycles. The second-order valence-electron chi connectivity index (χ2n) is 9.71. The molecule has 8 nitrogen and oxygen atoms in total. The number of fused-ring (bicyclic) bond motifs is 1. The van der Waals surface area contributed by atoms with Crippen LogP contribution in [0.2, 0.25) is 0 Å². The van der Waals surface area contributed by atoms with Crippen molar-refractivity contribution in [3.05, 3.63) is 53.6 Å². The molecule has 0 bridgehead atoms. The van der Waals surface area contributed by atoms with E-state index >= 15 is 0 Å². The molecule has 2 aromatic carbocycles. The highest BCUT2D eigenvalue weighted by atomic mass is 32.2. The summed E-state index contributed by atoms with van der Waals surface area (Å²) in [6.45, 7) is 4.46. The predicted octanol–water partition coefficient (Wildman–Crippen LogP) is 4.26. The number of aryl methyl sites for hydroxylation is 1. The number of hydrogen-bond acceptors (Lipinski definition) is 7. The summed E-state index contributed by atoms with van der Waals surface area (Å²) in [5, 5.41) is 0.653. The van der Waals surface area contributed by atoms with E-state index in [0.29, 0.717) is 30.4 Å². The first-order valence-electron chi connectivity index (χ1n) is 12.7. The number of rotatable bonds is 11. The number of benzene rings is 2. The first-order chi connectivity index (χ1) is 17.7. The number of sulfonamides is 1. The third kappa shape index (κ3) is 6.56. The highest BCUT2D eigenvalue weighted by molar-refractivity contribution is 7.89. The molecule has 37 heavy (non-hydrogen) atoms. The van der Waals surface area contributed by atoms with Gasteiger partial charge in [-0.25, -0.2) is 13.4 Å². The number of amides is 1. The van der Waals surface area contributed by atoms with Crippen LogP contribution in [-0.4, -0.2) is 82.0 Å². The zero-order chi connectivity index (χ0) is 26.6. The van der Waals surface area contributed by atoms with Crippen molar-refractivity contribution >= 4 is 42.6 Å². The van der Waals surface area contributed by atoms with Crippen molar-refractivity contribution in [1.82, 2.24) is 14.2 Å². The van der Waals surface area contributed by atoms with Crippen LogP contribution in [0, 0.1) is 0 Å². The fourth-order valence-electron chi connectivity index (χ4n) is 4.40. The molecular formula is C27H36N4O4S2. The standard InChI is InChI=1S/C27H36N4O4S2/c1-5-20-9-14-24-25(18-20)36-27(28-24)31(16-7-15-29(2)3)26(32)21-10-12-23(13-11-21)37(33,34)30(4)19-22-8-6-17-35-22/h9-14,18,22H,5-8,15-17,19H2,1-4H3. The van der Waals surface area contributed by atoms with Crippen LogP contribution >= 0.6 is 11.3 Å². The number of nitrogens with zero attached hydrogens (tertiary/aromatic N) is 4. The summed E-state index contributed by atoms with van der Waals surface area (Å²) in [5.74, 6) is -0.190. The Balaban J connectivity index is 1.56. The van der Waals surface area contributed by atoms with Gasteiger partial charge in [-0.05, 0) is 88.3 Å². The maximum absolute atomic E-state index is 13.6. The van der Waals surface area contributed by atoms with Crippen molar-refractivity contribution in [2.45, 2.75) is 43.6 Å². The lowest BCUT2D eigenvalue weighted by molar-refractivity contribution is 0.0978. The molecule has 4 rings (SSSR count). The number of hydrogen-bond donors (Lipinski definition) is 0. The van der Waals surface area contributed by atoms with Gasteiger partial charge in [-0.1, -0.05) is 24.3 Å². The van der Waals surface area contributed by atoms with Crippen LogP contribution in [0.1, 0.15) is 42.1 Å². The molecule has 0 spiro atoms. The number of anilines is 1. The Morgan fingerprint density at radius 1 is 1.11 bits per heavy atom. The highest BCUT2D eigenvalue weighted by Crippen LogP contribution is 2.31. The number of carbonyl (C=O) groups excluding carboxylic acids is 1. The van der Waals surface area contributed by atoms with Crippen molar-refractivity contribution in [1.29, 1.82) is 0 Å². The summed E-state index contributed by atoms with van der Waals surface area (Å²) in [5.41, 5.74) is 2.53. The lowest BCUT2D eigenvalue weighted by Crippen LogP contribution is -2.34. The number of thiazole rings is 1. The molecule has 1 amide bonds. The van der Waals surface area contributed by atoms with Gasteiger partial charge in [0.1, 0.15) is 0 Å². The Kier molecular flexibility index (Phi) is 8.97. The molecule has 0 aliphatic carbocycles. The third-order valence-corrected chi connectivity index (χ3v) is 9.49. The Morgan fingerprint density at radius 3 is 2.51 bits per heavy atom. The molecule has 1 fully saturated rings. The van der Waals surface area contributed by atoms with Gasteiger partial charge in [0.25, 0.3) is 5.91 Å². The van der Waals surface area contributed by atoms with Crippen molar-refractivity contribution in [2.24, 2.45) is 0 Å². The third-order valence-electron chi connectivity index (χ3n) is 6.61. The SMILES string of the molecule is CCc1ccc2nc(N(CCCN(C)C)C(=O)c3ccc(S(=O)(=O)N(C)CC4CCCO4)cc3)sc2c1. The van der Waals surface area contributed by atoms with Gasteiger partial charge in [0.15, 0.2) is 5.13 Å². The van der Waals surface area contributed by atoms with Gasteiger partial charge < -0.3 is 9.64 Å². The summed E-state index contributed by atoms with van der Waals surface area (Å²) in [4.78, 5) is 22.4. The van der Waals surface area contributed by atoms with Crippen LogP contribution in [0.4, 0.5) is 5.13 Å². The summed E-state index contributed by atoms with van der Waals surface area (Å²) in [6, 6.07) is 12.4. The zero-order valence-corrected chi connectivity index (χ0v) is 23.6. The van der Waals surface area contributed by atoms with Crippen LogP contribution in [-0.2, 0) is 21.2 Å². The van der Waals surface area contributed by atoms with E-state index in [1.54, 1.807) is 24.1 Å². The molecule has 1 aliphatic heterocycles. The maximum Gasteiger partial charge on any atom is 0.260 e. The van der Waals surface area contributed by atoms with Crippen LogP contribution in [0.5, 0.6) is 0 Å². The molecule has 1 aliphatic rings. The van der Waals surface area contributed by atoms with Crippen LogP contribution in [0.15, 0.2) is 47.4 Å². The van der Waals surface area contributed by atoms with E-state index in [-0.39, 0.29) is 16.9 Å². The van der Waals surface area contributed by atoms with E-state index in [4.69, 9.17) is 9.72 Å². The van der Waals surface area contributed by atoms with Gasteiger partial charge in [-0.15, -0.1) is 0 Å². The molecular weight excluding hydrogens is 508 g/mol. The molecule has 200 valence electrons. The molecule has 2 heterocycles. The van der Waals surface area contributed by atoms with Crippen LogP contribution in [0.3, 0.4) is 0 Å². The first-order valence-corrected chi connectivity index (χ1v) is 15.0. The predicted molar refractivity (Wildman–Crippen MR) is 149 cm³/mol. The minimum atomic E-state index is -3.68. The first kappa shape index (κ1) is 27.7. The quantitative estimate of drug-likeness (QED) is 0.359. The van der Waals surface area contributed by atoms with Crippen molar-refractivity contribution in [3.8, 4) is 0 Å². The molecule has 0 saturated carbocycles. The molecule has 1 unspecified atom stereocenters. The van der Waals surface area contributed by atoms with Gasteiger partial charge >= 0.3 is 0 Å². The number of ether oxygens (including phenoxy) is 1. The maximum atomic E-state index is 13.6. The van der Waals surface area contributed by atoms with Crippen molar-refractivity contribution in [2.75, 3.05) is 52.3 Å². The minimum Gasteiger partial charge on any atom is -0.377 e. The summed E-state index contributed by atoms with van der Waals surface area (Å²) in [7, 11) is 1.90. The van der Waals surface area contributed by atoms with Gasteiger partial charge in [-0.2, -0.15) is 4.31 Å². The smallest absolute Gasteiger partial charge is 0.260 e. The van der Waals surface area contributed by atoms with E-state index in [0.717, 1.165) is 42.4 Å². The van der Waals surface area contributed by atoms with E-state index in [2.05, 4.69) is 24.0 Å². The minimum absolute atomic E-state index is 0.0708. The van der Waals surface area contributed by atoms with E-state index in [9.17, 15) is 13.2 Å². The Morgan fingerprint density at radius 2 is 1.86 bits per heavy atom. The fourth-order valence-corrected chi connectivity index (χ4v) is 6.66. The molecule has 0 radical (unpaired) electrons. The fraction of sp³-hybridized carbons (Fsp3) is 0.481. The van der Waals surface area contributed by atoms with E-state index in [1.165, 1.54) is 33.3 Å². The summed E-state index contributed by atoms with van der Waals surface area (Å²) < 4.78 is 34.1. The van der Waals surface area contributed by atoms with Gasteiger partial charge in [0.2, 0.25) is 10.0 Å². The number of aromatic nitrogens is 1. The Labute approximate surface area is 223 Å². The van der Waals surface area contributed by atoms with Gasteiger partial charge in [0, 0.05) is 32.3 Å². The topological polar surface area (TPSA) is 83.1 Å². The van der Waals surface area contributed by atoms with Crippen molar-refractivity contribution < 1.29 is 17.9 Å². The second kappa shape index (κ2) is 12.0. The average molecular weight is 545 g/mol. The van der Waals surface area contributed by atoms with Gasteiger partial charge in [-0.3, -0.25) is 9.69 Å². The van der Waals surface area contributed by atoms with Crippen LogP contribution < -0.4 is 4.90 Å². The Hall–Kier alpha value is -2.37. The normalized spacial score (nSPS) is 16.2. The second-order valence-corrected chi connectivity index (χ2v) is 12.8. The summed E-state index contributed by atoms with van der Waals surface area (Å²) >= 11 is 1.51. The number of carbonyl (C=O) groups is 1. The number of likely N-dealkylation sites (N-methyl/N-ethyl adjacent to an activating group) is 1. The highest BCUT2D eigenvalue weighted by Gasteiger charge is 2.27. The van der Waals surface area contributed by atoms with Crippen molar-refractivity contribution in [3.63, 3.8) is 0 Å². The molecule has 10 heteroatoms. The van der Waals surface area contributed by atoms with Crippen LogP contribution in [0.25, 0.3) is 10.2 Å². The van der Waals surface area contributed by atoms with E-state index < -0.39 is 10.0 Å². The Bertz CT molecular complexity index is 1320. The molecule has 1 saturated heterocycles. The zero-order valence-electron chi connectivity index (χ0n) is 22.0. The van der Waals surface area contributed by atoms with E-state index in [1.807, 2.05) is 20.2 Å². The lowest BCUT2D eigenvalue weighted by atomic mass is 10.2. The molecule has 0 N–H and O–H groups in total. The van der Waals surface area contributed by atoms with Gasteiger partial charge in [0.05, 0.1) is 21.2 Å². The largest absolute Gasteiger partial charge is 0.377 e. The summed E-state index contributed by atoms with van der Waals surface area (Å²) in [6.07, 6.45) is 3.47. The molecule has 3 aromatic rings. The molecule has 1 atom stereocenters. The average Bonchev–Trinajstić information content (AvgIpc) is 3.55.